The number of benzene rings is 3. The third-order valence-electron chi connectivity index (χ3n) is 7.10. The highest BCUT2D eigenvalue weighted by molar-refractivity contribution is 6.05. The molecule has 1 aliphatic heterocycles. The Morgan fingerprint density at radius 2 is 1.74 bits per heavy atom. The summed E-state index contributed by atoms with van der Waals surface area (Å²) in [6.45, 7) is 1.40. The molecule has 10 heteroatoms. The van der Waals surface area contributed by atoms with Gasteiger partial charge in [0.05, 0.1) is 48.0 Å². The van der Waals surface area contributed by atoms with Gasteiger partial charge in [-0.25, -0.2) is 19.4 Å². The minimum Gasteiger partial charge on any atom is -0.497 e. The van der Waals surface area contributed by atoms with E-state index in [1.165, 1.54) is 6.26 Å². The van der Waals surface area contributed by atoms with Crippen LogP contribution in [0.5, 0.6) is 5.75 Å². The SMILES string of the molecule is CCOC(=O)C1=C(COC(=O)c2cc(-c3ccc4cc(OC)ccc4c3)nc3ccccc23)NC(=O)N[C@@H]1c1ccco1. The molecule has 2 aromatic heterocycles. The van der Waals surface area contributed by atoms with E-state index < -0.39 is 24.0 Å². The fourth-order valence-electron chi connectivity index (χ4n) is 5.07. The average molecular weight is 578 g/mol. The molecule has 3 aromatic carbocycles. The van der Waals surface area contributed by atoms with Crippen molar-refractivity contribution in [2.45, 2.75) is 13.0 Å². The lowest BCUT2D eigenvalue weighted by Crippen LogP contribution is -2.47. The summed E-state index contributed by atoms with van der Waals surface area (Å²) in [7, 11) is 1.62. The summed E-state index contributed by atoms with van der Waals surface area (Å²) < 4.78 is 21.8. The van der Waals surface area contributed by atoms with E-state index >= 15 is 0 Å². The number of fused-ring (bicyclic) bond motifs is 2. The number of para-hydroxylation sites is 1. The van der Waals surface area contributed by atoms with Gasteiger partial charge in [-0.15, -0.1) is 0 Å². The number of hydrogen-bond acceptors (Lipinski definition) is 8. The van der Waals surface area contributed by atoms with Crippen LogP contribution in [0, 0.1) is 0 Å². The number of esters is 2. The quantitative estimate of drug-likeness (QED) is 0.225. The Morgan fingerprint density at radius 3 is 2.53 bits per heavy atom. The molecule has 3 heterocycles. The van der Waals surface area contributed by atoms with Crippen molar-refractivity contribution in [3.05, 3.63) is 108 Å². The van der Waals surface area contributed by atoms with E-state index in [1.807, 2.05) is 54.6 Å². The van der Waals surface area contributed by atoms with Crippen molar-refractivity contribution in [3.8, 4) is 17.0 Å². The van der Waals surface area contributed by atoms with Crippen LogP contribution >= 0.6 is 0 Å². The first-order valence-electron chi connectivity index (χ1n) is 13.6. The number of ether oxygens (including phenoxy) is 3. The van der Waals surface area contributed by atoms with Crippen molar-refractivity contribution in [1.29, 1.82) is 0 Å². The number of rotatable bonds is 8. The lowest BCUT2D eigenvalue weighted by Gasteiger charge is -2.27. The maximum absolute atomic E-state index is 13.6. The third kappa shape index (κ3) is 5.50. The fraction of sp³-hybridized carbons (Fsp3) is 0.152. The highest BCUT2D eigenvalue weighted by atomic mass is 16.5. The van der Waals surface area contributed by atoms with Crippen LogP contribution in [-0.4, -0.2) is 43.3 Å². The molecule has 2 amide bonds. The summed E-state index contributed by atoms with van der Waals surface area (Å²) in [6.07, 6.45) is 1.44. The number of urea groups is 1. The summed E-state index contributed by atoms with van der Waals surface area (Å²) >= 11 is 0. The van der Waals surface area contributed by atoms with Crippen LogP contribution in [0.2, 0.25) is 0 Å². The molecule has 43 heavy (non-hydrogen) atoms. The first-order chi connectivity index (χ1) is 20.9. The number of carbonyl (C=O) groups is 3. The number of furan rings is 1. The zero-order valence-corrected chi connectivity index (χ0v) is 23.4. The number of carbonyl (C=O) groups excluding carboxylic acids is 3. The minimum absolute atomic E-state index is 0.0808. The second-order valence-corrected chi connectivity index (χ2v) is 9.74. The van der Waals surface area contributed by atoms with Crippen molar-refractivity contribution >= 4 is 39.6 Å². The van der Waals surface area contributed by atoms with Gasteiger partial charge in [-0.3, -0.25) is 0 Å². The Bertz CT molecular complexity index is 1900. The standard InChI is InChI=1S/C33H27N3O7/c1-3-41-32(38)29-27(35-33(39)36-30(29)28-9-6-14-42-28)18-43-31(37)24-17-26(34-25-8-5-4-7-23(24)25)21-11-10-20-16-22(40-2)13-12-19(20)15-21/h4-17,30H,3,18H2,1-2H3,(H2,35,36,39)/t30-/m1/s1. The van der Waals surface area contributed by atoms with E-state index in [9.17, 15) is 14.4 Å². The molecule has 0 spiro atoms. The number of pyridine rings is 1. The second kappa shape index (κ2) is 11.7. The molecule has 0 saturated carbocycles. The van der Waals surface area contributed by atoms with E-state index in [-0.39, 0.29) is 30.0 Å². The van der Waals surface area contributed by atoms with Crippen LogP contribution in [0.1, 0.15) is 29.1 Å². The van der Waals surface area contributed by atoms with Crippen LogP contribution in [0.25, 0.3) is 32.9 Å². The predicted molar refractivity (Wildman–Crippen MR) is 158 cm³/mol. The summed E-state index contributed by atoms with van der Waals surface area (Å²) in [4.78, 5) is 43.9. The molecule has 0 bridgehead atoms. The highest BCUT2D eigenvalue weighted by Gasteiger charge is 2.36. The summed E-state index contributed by atoms with van der Waals surface area (Å²) in [6, 6.07) is 22.4. The van der Waals surface area contributed by atoms with Crippen molar-refractivity contribution in [2.24, 2.45) is 0 Å². The van der Waals surface area contributed by atoms with Gasteiger partial charge in [0.25, 0.3) is 0 Å². The number of aromatic nitrogens is 1. The average Bonchev–Trinajstić information content (AvgIpc) is 3.57. The largest absolute Gasteiger partial charge is 0.497 e. The van der Waals surface area contributed by atoms with Gasteiger partial charge in [0.1, 0.15) is 24.2 Å². The van der Waals surface area contributed by atoms with E-state index in [0.29, 0.717) is 22.4 Å². The molecule has 6 rings (SSSR count). The molecule has 2 N–H and O–H groups in total. The van der Waals surface area contributed by atoms with E-state index in [0.717, 1.165) is 22.1 Å². The summed E-state index contributed by atoms with van der Waals surface area (Å²) in [5.74, 6) is -0.229. The summed E-state index contributed by atoms with van der Waals surface area (Å²) in [5, 5.41) is 7.86. The molecule has 0 unspecified atom stereocenters. The van der Waals surface area contributed by atoms with Gasteiger partial charge in [-0.2, -0.15) is 0 Å². The number of methoxy groups -OCH3 is 1. The van der Waals surface area contributed by atoms with Crippen LogP contribution in [-0.2, 0) is 14.3 Å². The van der Waals surface area contributed by atoms with E-state index in [1.54, 1.807) is 38.3 Å². The Morgan fingerprint density at radius 1 is 0.930 bits per heavy atom. The molecule has 0 saturated heterocycles. The Labute approximate surface area is 246 Å². The van der Waals surface area contributed by atoms with Crippen molar-refractivity contribution in [1.82, 2.24) is 15.6 Å². The van der Waals surface area contributed by atoms with E-state index in [4.69, 9.17) is 23.6 Å². The Hall–Kier alpha value is -5.64. The smallest absolute Gasteiger partial charge is 0.339 e. The first kappa shape index (κ1) is 27.5. The molecule has 0 radical (unpaired) electrons. The van der Waals surface area contributed by atoms with Crippen molar-refractivity contribution in [2.75, 3.05) is 20.3 Å². The number of amides is 2. The van der Waals surface area contributed by atoms with Gasteiger partial charge in [-0.05, 0) is 60.2 Å². The van der Waals surface area contributed by atoms with Crippen molar-refractivity contribution < 1.29 is 33.0 Å². The normalized spacial score (nSPS) is 14.7. The highest BCUT2D eigenvalue weighted by Crippen LogP contribution is 2.31. The van der Waals surface area contributed by atoms with Crippen LogP contribution in [0.15, 0.2) is 101 Å². The van der Waals surface area contributed by atoms with Gasteiger partial charge < -0.3 is 29.3 Å². The van der Waals surface area contributed by atoms with E-state index in [2.05, 4.69) is 10.6 Å². The second-order valence-electron chi connectivity index (χ2n) is 9.74. The van der Waals surface area contributed by atoms with Crippen LogP contribution < -0.4 is 15.4 Å². The van der Waals surface area contributed by atoms with Crippen molar-refractivity contribution in [3.63, 3.8) is 0 Å². The number of hydrogen-bond donors (Lipinski definition) is 2. The third-order valence-corrected chi connectivity index (χ3v) is 7.10. The van der Waals surface area contributed by atoms with Gasteiger partial charge in [0.2, 0.25) is 0 Å². The van der Waals surface area contributed by atoms with Gasteiger partial charge >= 0.3 is 18.0 Å². The molecule has 1 atom stereocenters. The zero-order valence-electron chi connectivity index (χ0n) is 23.4. The molecule has 0 aliphatic carbocycles. The first-order valence-corrected chi connectivity index (χ1v) is 13.6. The molecule has 5 aromatic rings. The maximum atomic E-state index is 13.6. The monoisotopic (exact) mass is 577 g/mol. The van der Waals surface area contributed by atoms with Gasteiger partial charge in [0, 0.05) is 10.9 Å². The molecular formula is C33H27N3O7. The minimum atomic E-state index is -0.919. The van der Waals surface area contributed by atoms with Gasteiger partial charge in [-0.1, -0.05) is 36.4 Å². The molecular weight excluding hydrogens is 550 g/mol. The van der Waals surface area contributed by atoms with Crippen LogP contribution in [0.4, 0.5) is 4.79 Å². The molecule has 216 valence electrons. The lowest BCUT2D eigenvalue weighted by atomic mass is 10.0. The molecule has 1 aliphatic rings. The number of nitrogens with one attached hydrogen (secondary N) is 2. The lowest BCUT2D eigenvalue weighted by molar-refractivity contribution is -0.139. The van der Waals surface area contributed by atoms with Crippen LogP contribution in [0.3, 0.4) is 0 Å². The fourth-order valence-corrected chi connectivity index (χ4v) is 5.07. The Kier molecular flexibility index (Phi) is 7.48. The zero-order chi connectivity index (χ0) is 29.9. The molecule has 0 fully saturated rings. The maximum Gasteiger partial charge on any atom is 0.339 e. The topological polar surface area (TPSA) is 129 Å². The van der Waals surface area contributed by atoms with Gasteiger partial charge in [0.15, 0.2) is 0 Å². The number of nitrogens with zero attached hydrogens (tertiary/aromatic N) is 1. The predicted octanol–water partition coefficient (Wildman–Crippen LogP) is 5.68. The Balaban J connectivity index is 1.35. The molecule has 10 nitrogen and oxygen atoms in total. The summed E-state index contributed by atoms with van der Waals surface area (Å²) in [5.41, 5.74) is 2.48.